The van der Waals surface area contributed by atoms with Crippen LogP contribution in [-0.2, 0) is 4.79 Å². The number of carbonyl (C=O) groups is 1. The number of hydrogen-bond acceptors (Lipinski definition) is 3. The Hall–Kier alpha value is -1.13. The van der Waals surface area contributed by atoms with Crippen molar-refractivity contribution in [3.63, 3.8) is 0 Å². The molecule has 0 atom stereocenters. The highest BCUT2D eigenvalue weighted by Gasteiger charge is 2.25. The average molecular weight is 281 g/mol. The Kier molecular flexibility index (Phi) is 6.25. The molecular weight excluding hydrogens is 258 g/mol. The number of thiophene rings is 1. The van der Waals surface area contributed by atoms with Crippen LogP contribution in [0.15, 0.2) is 17.5 Å². The van der Waals surface area contributed by atoms with E-state index in [9.17, 15) is 9.90 Å². The third kappa shape index (κ3) is 4.48. The van der Waals surface area contributed by atoms with E-state index in [1.165, 1.54) is 5.56 Å². The summed E-state index contributed by atoms with van der Waals surface area (Å²) >= 11 is 1.62. The van der Waals surface area contributed by atoms with Crippen LogP contribution in [0.4, 0.5) is 0 Å². The predicted octanol–water partition coefficient (Wildman–Crippen LogP) is 2.98. The first-order chi connectivity index (χ1) is 9.06. The number of hydrogen-bond donors (Lipinski definition) is 2. The molecule has 1 aromatic heterocycles. The van der Waals surface area contributed by atoms with Gasteiger partial charge in [-0.15, -0.1) is 11.3 Å². The first kappa shape index (κ1) is 15.9. The van der Waals surface area contributed by atoms with E-state index in [1.807, 2.05) is 38.3 Å². The minimum absolute atomic E-state index is 0.104. The molecule has 0 saturated carbocycles. The third-order valence-electron chi connectivity index (χ3n) is 3.76. The molecule has 0 fully saturated rings. The second kappa shape index (κ2) is 7.46. The van der Waals surface area contributed by atoms with Crippen molar-refractivity contribution in [1.29, 1.82) is 0 Å². The van der Waals surface area contributed by atoms with Gasteiger partial charge < -0.3 is 10.4 Å². The molecule has 1 aromatic rings. The first-order valence-electron chi connectivity index (χ1n) is 6.67. The van der Waals surface area contributed by atoms with Gasteiger partial charge in [0.2, 0.25) is 5.91 Å². The van der Waals surface area contributed by atoms with E-state index in [-0.39, 0.29) is 17.9 Å². The quantitative estimate of drug-likeness (QED) is 0.755. The number of nitrogens with one attached hydrogen (secondary N) is 1. The second-order valence-electron chi connectivity index (χ2n) is 4.88. The summed E-state index contributed by atoms with van der Waals surface area (Å²) in [5, 5.41) is 14.3. The normalized spacial score (nSPS) is 12.0. The van der Waals surface area contributed by atoms with E-state index in [1.54, 1.807) is 17.4 Å². The molecule has 2 N–H and O–H groups in total. The first-order valence-corrected chi connectivity index (χ1v) is 7.55. The van der Waals surface area contributed by atoms with E-state index in [0.29, 0.717) is 6.54 Å². The lowest BCUT2D eigenvalue weighted by atomic mass is 9.83. The predicted molar refractivity (Wildman–Crippen MR) is 81.2 cm³/mol. The Balaban J connectivity index is 2.52. The van der Waals surface area contributed by atoms with Crippen molar-refractivity contribution in [2.75, 3.05) is 13.2 Å². The number of rotatable bonds is 7. The molecule has 19 heavy (non-hydrogen) atoms. The van der Waals surface area contributed by atoms with Crippen molar-refractivity contribution < 1.29 is 9.90 Å². The van der Waals surface area contributed by atoms with Gasteiger partial charge in [0, 0.05) is 22.9 Å². The minimum atomic E-state index is -0.192. The van der Waals surface area contributed by atoms with Gasteiger partial charge in [0.15, 0.2) is 0 Å². The van der Waals surface area contributed by atoms with Crippen molar-refractivity contribution in [3.05, 3.63) is 28.0 Å². The summed E-state index contributed by atoms with van der Waals surface area (Å²) in [5.74, 6) is -0.104. The van der Waals surface area contributed by atoms with Crippen LogP contribution >= 0.6 is 11.3 Å². The maximum absolute atomic E-state index is 11.8. The second-order valence-corrected chi connectivity index (χ2v) is 5.83. The summed E-state index contributed by atoms with van der Waals surface area (Å²) in [7, 11) is 0. The van der Waals surface area contributed by atoms with Crippen molar-refractivity contribution in [1.82, 2.24) is 5.32 Å². The molecule has 0 radical (unpaired) electrons. The smallest absolute Gasteiger partial charge is 0.244 e. The monoisotopic (exact) mass is 281 g/mol. The summed E-state index contributed by atoms with van der Waals surface area (Å²) in [6.07, 6.45) is 5.11. The fraction of sp³-hybridized carbons (Fsp3) is 0.533. The van der Waals surface area contributed by atoms with Crippen LogP contribution in [-0.4, -0.2) is 24.2 Å². The molecule has 106 valence electrons. The van der Waals surface area contributed by atoms with Crippen molar-refractivity contribution >= 4 is 23.3 Å². The highest BCUT2D eigenvalue weighted by molar-refractivity contribution is 7.11. The summed E-state index contributed by atoms with van der Waals surface area (Å²) in [4.78, 5) is 12.9. The van der Waals surface area contributed by atoms with Crippen LogP contribution in [0.3, 0.4) is 0 Å². The van der Waals surface area contributed by atoms with Gasteiger partial charge in [-0.3, -0.25) is 4.79 Å². The molecule has 4 heteroatoms. The third-order valence-corrected chi connectivity index (χ3v) is 4.74. The lowest BCUT2D eigenvalue weighted by molar-refractivity contribution is -0.117. The lowest BCUT2D eigenvalue weighted by Crippen LogP contribution is -2.38. The summed E-state index contributed by atoms with van der Waals surface area (Å²) in [5.41, 5.74) is 0.989. The van der Waals surface area contributed by atoms with Gasteiger partial charge in [-0.1, -0.05) is 13.8 Å². The molecule has 1 amide bonds. The van der Waals surface area contributed by atoms with Gasteiger partial charge in [0.05, 0.1) is 6.61 Å². The molecule has 0 bridgehead atoms. The molecule has 0 unspecified atom stereocenters. The van der Waals surface area contributed by atoms with Gasteiger partial charge in [-0.2, -0.15) is 0 Å². The zero-order chi connectivity index (χ0) is 14.3. The van der Waals surface area contributed by atoms with Crippen LogP contribution in [0.25, 0.3) is 6.08 Å². The highest BCUT2D eigenvalue weighted by Crippen LogP contribution is 2.24. The summed E-state index contributed by atoms with van der Waals surface area (Å²) < 4.78 is 0. The Labute approximate surface area is 119 Å². The standard InChI is InChI=1S/C15H23NO2S/c1-4-15(5-2,11-17)10-16-14(18)7-6-13-12(3)8-9-19-13/h6-9,17H,4-5,10-11H2,1-3H3,(H,16,18)/b7-6+. The topological polar surface area (TPSA) is 49.3 Å². The largest absolute Gasteiger partial charge is 0.396 e. The molecule has 1 rings (SSSR count). The minimum Gasteiger partial charge on any atom is -0.396 e. The molecule has 0 aliphatic rings. The van der Waals surface area contributed by atoms with E-state index < -0.39 is 0 Å². The molecule has 1 heterocycles. The molecule has 0 aliphatic heterocycles. The molecule has 0 aliphatic carbocycles. The van der Waals surface area contributed by atoms with Crippen LogP contribution in [0, 0.1) is 12.3 Å². The number of amides is 1. The number of aliphatic hydroxyl groups is 1. The van der Waals surface area contributed by atoms with Crippen molar-refractivity contribution in [2.24, 2.45) is 5.41 Å². The van der Waals surface area contributed by atoms with Crippen LogP contribution in [0.1, 0.15) is 37.1 Å². The van der Waals surface area contributed by atoms with Crippen LogP contribution in [0.5, 0.6) is 0 Å². The Morgan fingerprint density at radius 3 is 2.63 bits per heavy atom. The fourth-order valence-corrected chi connectivity index (χ4v) is 2.64. The Morgan fingerprint density at radius 2 is 2.16 bits per heavy atom. The lowest BCUT2D eigenvalue weighted by Gasteiger charge is -2.29. The summed E-state index contributed by atoms with van der Waals surface area (Å²) in [6, 6.07) is 2.03. The van der Waals surface area contributed by atoms with Gasteiger partial charge in [-0.05, 0) is 42.9 Å². The molecule has 0 saturated heterocycles. The van der Waals surface area contributed by atoms with E-state index in [0.717, 1.165) is 17.7 Å². The van der Waals surface area contributed by atoms with Gasteiger partial charge in [0.1, 0.15) is 0 Å². The average Bonchev–Trinajstić information content (AvgIpc) is 2.84. The molecule has 0 spiro atoms. The maximum Gasteiger partial charge on any atom is 0.244 e. The number of carbonyl (C=O) groups excluding carboxylic acids is 1. The summed E-state index contributed by atoms with van der Waals surface area (Å²) in [6.45, 7) is 6.73. The van der Waals surface area contributed by atoms with E-state index in [4.69, 9.17) is 0 Å². The van der Waals surface area contributed by atoms with Crippen LogP contribution in [0.2, 0.25) is 0 Å². The van der Waals surface area contributed by atoms with Gasteiger partial charge in [0.25, 0.3) is 0 Å². The maximum atomic E-state index is 11.8. The SMILES string of the molecule is CCC(CC)(CO)CNC(=O)/C=C/c1sccc1C. The molecular formula is C15H23NO2S. The van der Waals surface area contributed by atoms with E-state index >= 15 is 0 Å². The zero-order valence-corrected chi connectivity index (χ0v) is 12.7. The molecule has 3 nitrogen and oxygen atoms in total. The van der Waals surface area contributed by atoms with Gasteiger partial charge in [-0.25, -0.2) is 0 Å². The van der Waals surface area contributed by atoms with E-state index in [2.05, 4.69) is 5.32 Å². The van der Waals surface area contributed by atoms with Crippen molar-refractivity contribution in [3.8, 4) is 0 Å². The number of aliphatic hydroxyl groups excluding tert-OH is 1. The Bertz CT molecular complexity index is 425. The number of aryl methyl sites for hydroxylation is 1. The van der Waals surface area contributed by atoms with Crippen LogP contribution < -0.4 is 5.32 Å². The zero-order valence-electron chi connectivity index (χ0n) is 11.9. The molecule has 0 aromatic carbocycles. The van der Waals surface area contributed by atoms with Gasteiger partial charge >= 0.3 is 0 Å². The highest BCUT2D eigenvalue weighted by atomic mass is 32.1. The fourth-order valence-electron chi connectivity index (χ4n) is 1.82. The Morgan fingerprint density at radius 1 is 1.47 bits per heavy atom. The van der Waals surface area contributed by atoms with Crippen molar-refractivity contribution in [2.45, 2.75) is 33.6 Å².